The molecule has 0 spiro atoms. The molecule has 0 aliphatic rings. The number of carbonyl (C=O) groups excluding carboxylic acids is 1. The molecule has 1 radical (unpaired) electrons. The van der Waals surface area contributed by atoms with Gasteiger partial charge in [0.25, 0.3) is 0 Å². The van der Waals surface area contributed by atoms with E-state index in [1.54, 1.807) is 0 Å². The molecule has 1 aromatic rings. The number of hydrogen-bond donors (Lipinski definition) is 0. The monoisotopic (exact) mass is 166 g/mol. The molecule has 63 valence electrons. The van der Waals surface area contributed by atoms with Gasteiger partial charge in [-0.25, -0.2) is 4.79 Å². The number of carbonyl (C=O) groups is 1. The summed E-state index contributed by atoms with van der Waals surface area (Å²) in [7, 11) is 0. The van der Waals surface area contributed by atoms with E-state index in [9.17, 15) is 4.79 Å². The third-order valence-corrected chi connectivity index (χ3v) is 1.28. The number of nitrogens with one attached hydrogen (secondary N) is 1. The topological polar surface area (TPSA) is 59.3 Å². The van der Waals surface area contributed by atoms with Crippen molar-refractivity contribution in [1.29, 1.82) is 0 Å². The Bertz CT molecular complexity index is 248. The summed E-state index contributed by atoms with van der Waals surface area (Å²) in [5.74, 6) is 6.20. The molecule has 0 heterocycles. The van der Waals surface area contributed by atoms with Gasteiger partial charge in [0.05, 0.1) is 0 Å². The van der Waals surface area contributed by atoms with Gasteiger partial charge in [-0.2, -0.15) is 0 Å². The van der Waals surface area contributed by atoms with Crippen molar-refractivity contribution in [1.82, 2.24) is 5.90 Å². The molecule has 1 N–H and O–H groups in total. The van der Waals surface area contributed by atoms with E-state index in [2.05, 4.69) is 9.57 Å². The van der Waals surface area contributed by atoms with Crippen molar-refractivity contribution < 1.29 is 14.4 Å². The quantitative estimate of drug-likeness (QED) is 0.494. The lowest BCUT2D eigenvalue weighted by Gasteiger charge is -2.00. The van der Waals surface area contributed by atoms with Crippen LogP contribution >= 0.6 is 0 Å². The summed E-state index contributed by atoms with van der Waals surface area (Å²) in [6, 6.07) is 9.18. The summed E-state index contributed by atoms with van der Waals surface area (Å²) in [6.07, 6.45) is -0.987. The molecule has 1 rings (SSSR count). The van der Waals surface area contributed by atoms with Crippen LogP contribution in [0.3, 0.4) is 0 Å². The fourth-order valence-corrected chi connectivity index (χ4v) is 0.746. The third-order valence-electron chi connectivity index (χ3n) is 1.28. The van der Waals surface area contributed by atoms with Crippen molar-refractivity contribution in [2.75, 3.05) is 0 Å². The fraction of sp³-hybridized carbons (Fsp3) is 0.125. The van der Waals surface area contributed by atoms with E-state index in [0.717, 1.165) is 5.56 Å². The first-order valence-electron chi connectivity index (χ1n) is 3.37. The molecule has 0 saturated carbocycles. The Morgan fingerprint density at radius 2 is 2.00 bits per heavy atom. The summed E-state index contributed by atoms with van der Waals surface area (Å²) < 4.78 is 4.53. The van der Waals surface area contributed by atoms with E-state index < -0.39 is 6.16 Å². The normalized spacial score (nSPS) is 9.08. The van der Waals surface area contributed by atoms with Crippen LogP contribution in [0, 0.1) is 0 Å². The second kappa shape index (κ2) is 4.35. The number of benzene rings is 1. The van der Waals surface area contributed by atoms with Crippen LogP contribution < -0.4 is 5.90 Å². The van der Waals surface area contributed by atoms with E-state index in [1.807, 2.05) is 30.3 Å². The molecule has 0 amide bonds. The van der Waals surface area contributed by atoms with Crippen LogP contribution in [0.15, 0.2) is 30.3 Å². The van der Waals surface area contributed by atoms with Crippen LogP contribution in [0.5, 0.6) is 0 Å². The van der Waals surface area contributed by atoms with Gasteiger partial charge >= 0.3 is 6.16 Å². The zero-order valence-electron chi connectivity index (χ0n) is 6.32. The van der Waals surface area contributed by atoms with Crippen LogP contribution in [0.2, 0.25) is 0 Å². The summed E-state index contributed by atoms with van der Waals surface area (Å²) in [5, 5.41) is 0. The van der Waals surface area contributed by atoms with E-state index in [-0.39, 0.29) is 6.61 Å². The summed E-state index contributed by atoms with van der Waals surface area (Å²) >= 11 is 0. The molecule has 0 aliphatic heterocycles. The molecule has 4 heteroatoms. The average Bonchev–Trinajstić information content (AvgIpc) is 2.16. The SMILES string of the molecule is [NH]OC(=O)OCc1ccccc1. The molecule has 4 nitrogen and oxygen atoms in total. The first-order chi connectivity index (χ1) is 5.83. The summed E-state index contributed by atoms with van der Waals surface area (Å²) in [6.45, 7) is 0.137. The maximum Gasteiger partial charge on any atom is 0.529 e. The highest BCUT2D eigenvalue weighted by atomic mass is 16.8. The third kappa shape index (κ3) is 2.59. The summed E-state index contributed by atoms with van der Waals surface area (Å²) in [4.78, 5) is 13.9. The van der Waals surface area contributed by atoms with Crippen molar-refractivity contribution in [3.8, 4) is 0 Å². The lowest BCUT2D eigenvalue weighted by molar-refractivity contribution is 0.0432. The van der Waals surface area contributed by atoms with Gasteiger partial charge in [0.1, 0.15) is 6.61 Å². The molecule has 0 atom stereocenters. The molecule has 0 aliphatic carbocycles. The second-order valence-electron chi connectivity index (χ2n) is 2.13. The average molecular weight is 166 g/mol. The van der Waals surface area contributed by atoms with Crippen LogP contribution in [0.1, 0.15) is 5.56 Å². The van der Waals surface area contributed by atoms with E-state index in [1.165, 1.54) is 0 Å². The molecule has 0 fully saturated rings. The maximum atomic E-state index is 10.4. The Morgan fingerprint density at radius 3 is 2.58 bits per heavy atom. The highest BCUT2D eigenvalue weighted by Gasteiger charge is 2.00. The lowest BCUT2D eigenvalue weighted by Crippen LogP contribution is -2.05. The fourth-order valence-electron chi connectivity index (χ4n) is 0.746. The van der Waals surface area contributed by atoms with Gasteiger partial charge in [-0.3, -0.25) is 0 Å². The van der Waals surface area contributed by atoms with Crippen molar-refractivity contribution in [3.05, 3.63) is 35.9 Å². The smallest absolute Gasteiger partial charge is 0.428 e. The molecular weight excluding hydrogens is 158 g/mol. The molecule has 0 saturated heterocycles. The molecular formula is C8H8NO3. The van der Waals surface area contributed by atoms with Crippen LogP contribution in [-0.2, 0) is 16.2 Å². The number of hydrogen-bond acceptors (Lipinski definition) is 3. The minimum Gasteiger partial charge on any atom is -0.428 e. The predicted octanol–water partition coefficient (Wildman–Crippen LogP) is 1.54. The largest absolute Gasteiger partial charge is 0.529 e. The minimum absolute atomic E-state index is 0.137. The molecule has 0 unspecified atom stereocenters. The molecule has 0 bridgehead atoms. The highest BCUT2D eigenvalue weighted by Crippen LogP contribution is 2.00. The zero-order valence-corrected chi connectivity index (χ0v) is 6.32. The Balaban J connectivity index is 2.38. The van der Waals surface area contributed by atoms with Gasteiger partial charge in [0.15, 0.2) is 0 Å². The van der Waals surface area contributed by atoms with Gasteiger partial charge in [0, 0.05) is 0 Å². The minimum atomic E-state index is -0.987. The standard InChI is InChI=1S/C8H8NO3/c9-12-8(10)11-6-7-4-2-1-3-5-7/h1-5,9H,6H2. The van der Waals surface area contributed by atoms with Crippen molar-refractivity contribution >= 4 is 6.16 Å². The Labute approximate surface area is 69.8 Å². The number of rotatable bonds is 2. The molecule has 0 aromatic heterocycles. The molecule has 12 heavy (non-hydrogen) atoms. The van der Waals surface area contributed by atoms with E-state index >= 15 is 0 Å². The Morgan fingerprint density at radius 1 is 1.33 bits per heavy atom. The first-order valence-corrected chi connectivity index (χ1v) is 3.37. The summed E-state index contributed by atoms with van der Waals surface area (Å²) in [5.41, 5.74) is 0.864. The lowest BCUT2D eigenvalue weighted by atomic mass is 10.2. The first kappa shape index (κ1) is 8.55. The van der Waals surface area contributed by atoms with Gasteiger partial charge < -0.3 is 9.57 Å². The maximum absolute atomic E-state index is 10.4. The van der Waals surface area contributed by atoms with Gasteiger partial charge in [0.2, 0.25) is 0 Å². The van der Waals surface area contributed by atoms with Crippen LogP contribution in [0.25, 0.3) is 0 Å². The Kier molecular flexibility index (Phi) is 3.10. The molecule has 1 aromatic carbocycles. The van der Waals surface area contributed by atoms with Gasteiger partial charge in [-0.1, -0.05) is 30.3 Å². The van der Waals surface area contributed by atoms with Crippen molar-refractivity contribution in [3.63, 3.8) is 0 Å². The van der Waals surface area contributed by atoms with Crippen LogP contribution in [-0.4, -0.2) is 6.16 Å². The van der Waals surface area contributed by atoms with Gasteiger partial charge in [-0.15, -0.1) is 0 Å². The zero-order chi connectivity index (χ0) is 8.81. The van der Waals surface area contributed by atoms with Crippen molar-refractivity contribution in [2.45, 2.75) is 6.61 Å². The Hall–Kier alpha value is -1.55. The van der Waals surface area contributed by atoms with E-state index in [4.69, 9.17) is 5.90 Å². The van der Waals surface area contributed by atoms with Gasteiger partial charge in [-0.05, 0) is 11.5 Å². The van der Waals surface area contributed by atoms with E-state index in [0.29, 0.717) is 0 Å². The second-order valence-corrected chi connectivity index (χ2v) is 2.13. The highest BCUT2D eigenvalue weighted by molar-refractivity contribution is 5.59. The van der Waals surface area contributed by atoms with Crippen molar-refractivity contribution in [2.24, 2.45) is 0 Å². The number of ether oxygens (including phenoxy) is 1. The predicted molar refractivity (Wildman–Crippen MR) is 40.8 cm³/mol. The van der Waals surface area contributed by atoms with Crippen LogP contribution in [0.4, 0.5) is 4.79 Å².